The van der Waals surface area contributed by atoms with Crippen molar-refractivity contribution in [2.24, 2.45) is 0 Å². The standard InChI is InChI=1S/C23H22BrClN4O7S2/c1-11(30)33-10-18-20(34-12(2)31)19(29-9-17(27-28-29)22-26-6-7-37-22)21(35-13(3)32)23(36-18)38-14-4-5-16(25)15(24)8-14/h4-9,18-21,23H,10H2,1-3H3/t18-,19+,20+,21-,23-/m1/s1. The van der Waals surface area contributed by atoms with Crippen molar-refractivity contribution >= 4 is 68.5 Å². The van der Waals surface area contributed by atoms with Crippen molar-refractivity contribution in [1.29, 1.82) is 0 Å². The normalized spacial score (nSPS) is 23.0. The lowest BCUT2D eigenvalue weighted by Gasteiger charge is -2.44. The highest BCUT2D eigenvalue weighted by Crippen LogP contribution is 2.42. The average Bonchev–Trinajstić information content (AvgIpc) is 3.54. The van der Waals surface area contributed by atoms with Crippen LogP contribution in [0.15, 0.2) is 45.3 Å². The van der Waals surface area contributed by atoms with Gasteiger partial charge in [0.25, 0.3) is 0 Å². The monoisotopic (exact) mass is 644 g/mol. The van der Waals surface area contributed by atoms with Gasteiger partial charge in [-0.2, -0.15) is 0 Å². The second kappa shape index (κ2) is 12.6. The summed E-state index contributed by atoms with van der Waals surface area (Å²) in [6, 6.07) is 4.42. The predicted molar refractivity (Wildman–Crippen MR) is 142 cm³/mol. The maximum atomic E-state index is 12.3. The Bertz CT molecular complexity index is 1310. The molecule has 0 N–H and O–H groups in total. The average molecular weight is 646 g/mol. The minimum atomic E-state index is -1.05. The summed E-state index contributed by atoms with van der Waals surface area (Å²) in [7, 11) is 0. The van der Waals surface area contributed by atoms with Crippen LogP contribution in [0.2, 0.25) is 5.02 Å². The number of thioether (sulfide) groups is 1. The van der Waals surface area contributed by atoms with E-state index in [1.54, 1.807) is 36.0 Å². The van der Waals surface area contributed by atoms with Gasteiger partial charge < -0.3 is 18.9 Å². The van der Waals surface area contributed by atoms with E-state index in [4.69, 9.17) is 30.5 Å². The van der Waals surface area contributed by atoms with Crippen LogP contribution in [0.3, 0.4) is 0 Å². The van der Waals surface area contributed by atoms with Gasteiger partial charge in [-0.1, -0.05) is 28.6 Å². The van der Waals surface area contributed by atoms with Gasteiger partial charge in [0, 0.05) is 41.7 Å². The number of hydrogen-bond acceptors (Lipinski definition) is 12. The quantitative estimate of drug-likeness (QED) is 0.257. The third-order valence-corrected chi connectivity index (χ3v) is 8.43. The van der Waals surface area contributed by atoms with Crippen LogP contribution in [0, 0.1) is 0 Å². The predicted octanol–water partition coefficient (Wildman–Crippen LogP) is 4.30. The lowest BCUT2D eigenvalue weighted by atomic mass is 9.96. The van der Waals surface area contributed by atoms with Gasteiger partial charge >= 0.3 is 17.9 Å². The van der Waals surface area contributed by atoms with Crippen molar-refractivity contribution in [3.05, 3.63) is 45.5 Å². The molecule has 38 heavy (non-hydrogen) atoms. The molecule has 1 fully saturated rings. The summed E-state index contributed by atoms with van der Waals surface area (Å²) in [5.74, 6) is -1.72. The molecule has 202 valence electrons. The number of benzene rings is 1. The van der Waals surface area contributed by atoms with Crippen LogP contribution < -0.4 is 0 Å². The van der Waals surface area contributed by atoms with Crippen LogP contribution in [-0.4, -0.2) is 68.2 Å². The molecule has 11 nitrogen and oxygen atoms in total. The summed E-state index contributed by atoms with van der Waals surface area (Å²) in [5.41, 5.74) is -0.339. The summed E-state index contributed by atoms with van der Waals surface area (Å²) in [6.07, 6.45) is 0.320. The Kier molecular flexibility index (Phi) is 9.41. The number of hydrogen-bond donors (Lipinski definition) is 0. The number of halogens is 2. The Morgan fingerprint density at radius 1 is 1.16 bits per heavy atom. The molecule has 1 aromatic carbocycles. The van der Waals surface area contributed by atoms with Gasteiger partial charge in [0.1, 0.15) is 34.9 Å². The fourth-order valence-corrected chi connectivity index (χ4v) is 6.22. The van der Waals surface area contributed by atoms with E-state index in [-0.39, 0.29) is 6.61 Å². The zero-order valence-corrected chi connectivity index (χ0v) is 24.3. The van der Waals surface area contributed by atoms with Gasteiger partial charge in [-0.05, 0) is 34.1 Å². The lowest BCUT2D eigenvalue weighted by Crippen LogP contribution is -2.57. The zero-order chi connectivity index (χ0) is 27.4. The molecular formula is C23H22BrClN4O7S2. The molecule has 0 spiro atoms. The van der Waals surface area contributed by atoms with Gasteiger partial charge in [0.2, 0.25) is 0 Å². The second-order valence-electron chi connectivity index (χ2n) is 8.10. The fourth-order valence-electron chi connectivity index (χ4n) is 3.83. The van der Waals surface area contributed by atoms with Crippen LogP contribution in [-0.2, 0) is 33.3 Å². The van der Waals surface area contributed by atoms with E-state index in [0.29, 0.717) is 20.2 Å². The Balaban J connectivity index is 1.78. The van der Waals surface area contributed by atoms with Crippen LogP contribution in [0.25, 0.3) is 10.7 Å². The van der Waals surface area contributed by atoms with Crippen molar-refractivity contribution < 1.29 is 33.3 Å². The summed E-state index contributed by atoms with van der Waals surface area (Å²) in [4.78, 5) is 41.1. The molecule has 0 unspecified atom stereocenters. The molecule has 0 amide bonds. The fraction of sp³-hybridized carbons (Fsp3) is 0.391. The van der Waals surface area contributed by atoms with Crippen LogP contribution in [0.4, 0.5) is 0 Å². The van der Waals surface area contributed by atoms with E-state index in [1.807, 2.05) is 0 Å². The minimum Gasteiger partial charge on any atom is -0.463 e. The molecule has 1 aliphatic heterocycles. The summed E-state index contributed by atoms with van der Waals surface area (Å²) < 4.78 is 25.1. The van der Waals surface area contributed by atoms with Gasteiger partial charge in [-0.3, -0.25) is 14.4 Å². The third-order valence-electron chi connectivity index (χ3n) is 5.28. The molecule has 15 heteroatoms. The molecule has 1 aliphatic rings. The smallest absolute Gasteiger partial charge is 0.303 e. The molecular weight excluding hydrogens is 624 g/mol. The first-order valence-electron chi connectivity index (χ1n) is 11.2. The number of thiazole rings is 1. The molecule has 4 rings (SSSR count). The summed E-state index contributed by atoms with van der Waals surface area (Å²) >= 11 is 12.2. The van der Waals surface area contributed by atoms with Crippen molar-refractivity contribution in [2.45, 2.75) is 55.5 Å². The van der Waals surface area contributed by atoms with E-state index in [2.05, 4.69) is 31.2 Å². The van der Waals surface area contributed by atoms with Gasteiger partial charge in [0.05, 0.1) is 11.2 Å². The minimum absolute atomic E-state index is 0.216. The third kappa shape index (κ3) is 6.91. The molecule has 2 aromatic heterocycles. The van der Waals surface area contributed by atoms with Gasteiger partial charge in [-0.25, -0.2) is 9.67 Å². The van der Waals surface area contributed by atoms with Gasteiger partial charge in [0.15, 0.2) is 12.2 Å². The summed E-state index contributed by atoms with van der Waals surface area (Å²) in [6.45, 7) is 3.56. The molecule has 0 bridgehead atoms. The number of nitrogens with zero attached hydrogens (tertiary/aromatic N) is 4. The van der Waals surface area contributed by atoms with Crippen molar-refractivity contribution in [3.63, 3.8) is 0 Å². The highest BCUT2D eigenvalue weighted by Gasteiger charge is 2.52. The largest absolute Gasteiger partial charge is 0.463 e. The molecule has 0 radical (unpaired) electrons. The Labute approximate surface area is 239 Å². The maximum Gasteiger partial charge on any atom is 0.303 e. The highest BCUT2D eigenvalue weighted by molar-refractivity contribution is 9.10. The van der Waals surface area contributed by atoms with E-state index in [9.17, 15) is 14.4 Å². The number of carbonyl (C=O) groups excluding carboxylic acids is 3. The number of aromatic nitrogens is 4. The number of carbonyl (C=O) groups is 3. The Hall–Kier alpha value is -2.52. The van der Waals surface area contributed by atoms with Crippen molar-refractivity contribution in [2.75, 3.05) is 6.61 Å². The first-order chi connectivity index (χ1) is 18.1. The van der Waals surface area contributed by atoms with Crippen molar-refractivity contribution in [3.8, 4) is 10.7 Å². The SMILES string of the molecule is CC(=O)OC[C@H]1O[C@H](Sc2ccc(Cl)c(Br)c2)[C@H](OC(C)=O)[C@@H](n2cc(-c3nccs3)nn2)[C@H]1OC(C)=O. The molecule has 5 atom stereocenters. The molecule has 3 aromatic rings. The van der Waals surface area contributed by atoms with E-state index in [1.165, 1.54) is 48.6 Å². The van der Waals surface area contributed by atoms with Crippen LogP contribution >= 0.6 is 50.6 Å². The first-order valence-corrected chi connectivity index (χ1v) is 14.1. The molecule has 0 aliphatic carbocycles. The number of rotatable bonds is 8. The molecule has 3 heterocycles. The maximum absolute atomic E-state index is 12.3. The van der Waals surface area contributed by atoms with E-state index in [0.717, 1.165) is 4.90 Å². The Morgan fingerprint density at radius 2 is 1.89 bits per heavy atom. The molecule has 0 saturated carbocycles. The van der Waals surface area contributed by atoms with E-state index < -0.39 is 47.7 Å². The van der Waals surface area contributed by atoms with Crippen molar-refractivity contribution in [1.82, 2.24) is 20.0 Å². The van der Waals surface area contributed by atoms with Gasteiger partial charge in [-0.15, -0.1) is 16.4 Å². The highest BCUT2D eigenvalue weighted by atomic mass is 79.9. The number of ether oxygens (including phenoxy) is 4. The lowest BCUT2D eigenvalue weighted by molar-refractivity contribution is -0.212. The van der Waals surface area contributed by atoms with E-state index >= 15 is 0 Å². The summed E-state index contributed by atoms with van der Waals surface area (Å²) in [5, 5.41) is 11.4. The zero-order valence-electron chi connectivity index (χ0n) is 20.3. The molecule has 1 saturated heterocycles. The number of esters is 3. The Morgan fingerprint density at radius 3 is 2.53 bits per heavy atom. The first kappa shape index (κ1) is 28.5. The topological polar surface area (TPSA) is 132 Å². The van der Waals surface area contributed by atoms with Crippen LogP contribution in [0.5, 0.6) is 0 Å². The second-order valence-corrected chi connectivity index (χ2v) is 11.4. The van der Waals surface area contributed by atoms with Crippen LogP contribution in [0.1, 0.15) is 26.8 Å².